The van der Waals surface area contributed by atoms with Crippen molar-refractivity contribution in [2.24, 2.45) is 5.73 Å². The summed E-state index contributed by atoms with van der Waals surface area (Å²) in [5.74, 6) is 0.874. The van der Waals surface area contributed by atoms with E-state index in [9.17, 15) is 4.79 Å². The van der Waals surface area contributed by atoms with Gasteiger partial charge in [-0.25, -0.2) is 4.79 Å². The maximum absolute atomic E-state index is 11.0. The molecule has 17 heavy (non-hydrogen) atoms. The molecule has 1 heterocycles. The molecule has 0 saturated carbocycles. The smallest absolute Gasteiger partial charge is 0.314 e. The van der Waals surface area contributed by atoms with E-state index in [4.69, 9.17) is 10.5 Å². The number of hydrogen-bond donors (Lipinski definition) is 1. The maximum Gasteiger partial charge on any atom is 0.314 e. The topological polar surface area (TPSA) is 55.6 Å². The van der Waals surface area contributed by atoms with Crippen molar-refractivity contribution in [1.29, 1.82) is 0 Å². The Morgan fingerprint density at radius 2 is 2.00 bits per heavy atom. The molecule has 1 aliphatic heterocycles. The zero-order valence-electron chi connectivity index (χ0n) is 10.3. The molecule has 0 aromatic heterocycles. The van der Waals surface area contributed by atoms with Crippen LogP contribution < -0.4 is 10.5 Å². The summed E-state index contributed by atoms with van der Waals surface area (Å²) >= 11 is 0. The predicted octanol–water partition coefficient (Wildman–Crippen LogP) is 1.84. The van der Waals surface area contributed by atoms with Crippen LogP contribution in [-0.2, 0) is 0 Å². The normalized spacial score (nSPS) is 19.4. The van der Waals surface area contributed by atoms with E-state index in [1.807, 2.05) is 26.0 Å². The van der Waals surface area contributed by atoms with E-state index in [-0.39, 0.29) is 12.1 Å². The number of aryl methyl sites for hydroxylation is 2. The van der Waals surface area contributed by atoms with E-state index in [1.165, 1.54) is 11.1 Å². The molecule has 4 heteroatoms. The molecule has 1 saturated heterocycles. The van der Waals surface area contributed by atoms with Crippen molar-refractivity contribution >= 4 is 6.03 Å². The van der Waals surface area contributed by atoms with Crippen LogP contribution in [-0.4, -0.2) is 30.1 Å². The van der Waals surface area contributed by atoms with Crippen molar-refractivity contribution in [3.05, 3.63) is 29.3 Å². The van der Waals surface area contributed by atoms with Crippen molar-refractivity contribution in [1.82, 2.24) is 4.90 Å². The highest BCUT2D eigenvalue weighted by Gasteiger charge is 2.26. The summed E-state index contributed by atoms with van der Waals surface area (Å²) in [7, 11) is 0. The molecule has 0 aliphatic carbocycles. The Morgan fingerprint density at radius 1 is 1.35 bits per heavy atom. The highest BCUT2D eigenvalue weighted by atomic mass is 16.5. The van der Waals surface area contributed by atoms with E-state index >= 15 is 0 Å². The Morgan fingerprint density at radius 3 is 2.53 bits per heavy atom. The lowest BCUT2D eigenvalue weighted by molar-refractivity contribution is 0.192. The molecule has 1 atom stereocenters. The number of benzene rings is 1. The lowest BCUT2D eigenvalue weighted by atomic mass is 10.1. The molecule has 0 unspecified atom stereocenters. The molecule has 2 amide bonds. The fourth-order valence-electron chi connectivity index (χ4n) is 2.22. The van der Waals surface area contributed by atoms with Crippen LogP contribution in [0.2, 0.25) is 0 Å². The number of amides is 2. The number of ether oxygens (including phenoxy) is 1. The van der Waals surface area contributed by atoms with Gasteiger partial charge in [0.25, 0.3) is 0 Å². The zero-order chi connectivity index (χ0) is 12.4. The molecule has 0 bridgehead atoms. The van der Waals surface area contributed by atoms with Crippen LogP contribution in [0, 0.1) is 13.8 Å². The Bertz CT molecular complexity index is 411. The summed E-state index contributed by atoms with van der Waals surface area (Å²) in [6, 6.07) is 5.77. The quantitative estimate of drug-likeness (QED) is 0.848. The summed E-state index contributed by atoms with van der Waals surface area (Å²) in [4.78, 5) is 12.6. The van der Waals surface area contributed by atoms with Crippen molar-refractivity contribution in [2.75, 3.05) is 13.1 Å². The highest BCUT2D eigenvalue weighted by molar-refractivity contribution is 5.72. The van der Waals surface area contributed by atoms with Crippen LogP contribution in [0.4, 0.5) is 4.79 Å². The molecular weight excluding hydrogens is 216 g/mol. The SMILES string of the molecule is Cc1cc(C)cc(O[C@@H]2CCN(C(N)=O)C2)c1. The first-order valence-corrected chi connectivity index (χ1v) is 5.84. The van der Waals surface area contributed by atoms with Gasteiger partial charge in [-0.15, -0.1) is 0 Å². The number of rotatable bonds is 2. The summed E-state index contributed by atoms with van der Waals surface area (Å²) in [5, 5.41) is 0. The van der Waals surface area contributed by atoms with Gasteiger partial charge in [-0.05, 0) is 37.1 Å². The molecule has 1 aromatic carbocycles. The molecule has 2 rings (SSSR count). The molecule has 1 aliphatic rings. The van der Waals surface area contributed by atoms with Crippen LogP contribution in [0.3, 0.4) is 0 Å². The van der Waals surface area contributed by atoms with E-state index in [0.29, 0.717) is 13.1 Å². The fraction of sp³-hybridized carbons (Fsp3) is 0.462. The number of primary amides is 1. The Hall–Kier alpha value is -1.71. The molecule has 0 spiro atoms. The number of likely N-dealkylation sites (tertiary alicyclic amines) is 1. The Labute approximate surface area is 101 Å². The van der Waals surface area contributed by atoms with E-state index < -0.39 is 0 Å². The van der Waals surface area contributed by atoms with Crippen molar-refractivity contribution in [3.63, 3.8) is 0 Å². The average molecular weight is 234 g/mol. The first-order chi connectivity index (χ1) is 8.04. The molecule has 2 N–H and O–H groups in total. The number of urea groups is 1. The van der Waals surface area contributed by atoms with Gasteiger partial charge in [-0.3, -0.25) is 0 Å². The molecule has 0 radical (unpaired) electrons. The molecular formula is C13H18N2O2. The van der Waals surface area contributed by atoms with Gasteiger partial charge >= 0.3 is 6.03 Å². The van der Waals surface area contributed by atoms with Gasteiger partial charge in [0.1, 0.15) is 11.9 Å². The van der Waals surface area contributed by atoms with Crippen molar-refractivity contribution < 1.29 is 9.53 Å². The first kappa shape index (κ1) is 11.8. The van der Waals surface area contributed by atoms with Gasteiger partial charge in [0, 0.05) is 13.0 Å². The minimum atomic E-state index is -0.364. The van der Waals surface area contributed by atoms with E-state index in [2.05, 4.69) is 6.07 Å². The third kappa shape index (κ3) is 2.90. The standard InChI is InChI=1S/C13H18N2O2/c1-9-5-10(2)7-12(6-9)17-11-3-4-15(8-11)13(14)16/h5-7,11H,3-4,8H2,1-2H3,(H2,14,16)/t11-/m1/s1. The van der Waals surface area contributed by atoms with Crippen LogP contribution in [0.15, 0.2) is 18.2 Å². The van der Waals surface area contributed by atoms with Gasteiger partial charge in [-0.1, -0.05) is 6.07 Å². The van der Waals surface area contributed by atoms with Gasteiger partial charge in [-0.2, -0.15) is 0 Å². The molecule has 1 fully saturated rings. The number of nitrogens with zero attached hydrogens (tertiary/aromatic N) is 1. The second-order valence-electron chi connectivity index (χ2n) is 4.64. The minimum absolute atomic E-state index is 0.0590. The summed E-state index contributed by atoms with van der Waals surface area (Å²) < 4.78 is 5.87. The van der Waals surface area contributed by atoms with Crippen molar-refractivity contribution in [3.8, 4) is 5.75 Å². The average Bonchev–Trinajstić information content (AvgIpc) is 2.64. The summed E-state index contributed by atoms with van der Waals surface area (Å²) in [6.45, 7) is 5.36. The largest absolute Gasteiger partial charge is 0.488 e. The summed E-state index contributed by atoms with van der Waals surface area (Å²) in [5.41, 5.74) is 7.60. The Kier molecular flexibility index (Phi) is 3.22. The second kappa shape index (κ2) is 4.65. The monoisotopic (exact) mass is 234 g/mol. The highest BCUT2D eigenvalue weighted by Crippen LogP contribution is 2.21. The molecule has 92 valence electrons. The number of carbonyl (C=O) groups is 1. The Balaban J connectivity index is 2.00. The van der Waals surface area contributed by atoms with E-state index in [0.717, 1.165) is 12.2 Å². The van der Waals surface area contributed by atoms with Crippen molar-refractivity contribution in [2.45, 2.75) is 26.4 Å². The van der Waals surface area contributed by atoms with Gasteiger partial charge in [0.2, 0.25) is 0 Å². The lowest BCUT2D eigenvalue weighted by Gasteiger charge is -2.15. The fourth-order valence-corrected chi connectivity index (χ4v) is 2.22. The third-order valence-electron chi connectivity index (χ3n) is 2.95. The van der Waals surface area contributed by atoms with Crippen LogP contribution in [0.25, 0.3) is 0 Å². The van der Waals surface area contributed by atoms with Crippen LogP contribution in [0.5, 0.6) is 5.75 Å². The minimum Gasteiger partial charge on any atom is -0.488 e. The predicted molar refractivity (Wildman–Crippen MR) is 66.1 cm³/mol. The molecule has 1 aromatic rings. The lowest BCUT2D eigenvalue weighted by Crippen LogP contribution is -2.35. The molecule has 4 nitrogen and oxygen atoms in total. The van der Waals surface area contributed by atoms with Gasteiger partial charge < -0.3 is 15.4 Å². The van der Waals surface area contributed by atoms with Crippen LogP contribution in [0.1, 0.15) is 17.5 Å². The summed E-state index contributed by atoms with van der Waals surface area (Å²) in [6.07, 6.45) is 0.902. The number of nitrogens with two attached hydrogens (primary N) is 1. The van der Waals surface area contributed by atoms with Gasteiger partial charge in [0.05, 0.1) is 6.54 Å². The van der Waals surface area contributed by atoms with E-state index in [1.54, 1.807) is 4.90 Å². The second-order valence-corrected chi connectivity index (χ2v) is 4.64. The number of carbonyl (C=O) groups excluding carboxylic acids is 1. The van der Waals surface area contributed by atoms with Crippen LogP contribution >= 0.6 is 0 Å². The number of hydrogen-bond acceptors (Lipinski definition) is 2. The first-order valence-electron chi connectivity index (χ1n) is 5.84. The third-order valence-corrected chi connectivity index (χ3v) is 2.95. The zero-order valence-corrected chi connectivity index (χ0v) is 10.3. The maximum atomic E-state index is 11.0. The van der Waals surface area contributed by atoms with Gasteiger partial charge in [0.15, 0.2) is 0 Å².